The van der Waals surface area contributed by atoms with E-state index in [-0.39, 0.29) is 11.6 Å². The van der Waals surface area contributed by atoms with Gasteiger partial charge in [-0.2, -0.15) is 0 Å². The van der Waals surface area contributed by atoms with Crippen molar-refractivity contribution < 1.29 is 9.18 Å². The molecule has 0 unspecified atom stereocenters. The highest BCUT2D eigenvalue weighted by atomic mass is 19.1. The number of Topliss-reactive ketones (excluding diaryl/α,β-unsaturated/α-hetero) is 1. The van der Waals surface area contributed by atoms with Crippen molar-refractivity contribution in [1.82, 2.24) is 0 Å². The summed E-state index contributed by atoms with van der Waals surface area (Å²) in [5.74, 6) is -0.452. The molecule has 92 valence electrons. The molecule has 0 atom stereocenters. The lowest BCUT2D eigenvalue weighted by atomic mass is 9.95. The minimum absolute atomic E-state index is 0.101. The first-order valence-corrected chi connectivity index (χ1v) is 6.23. The predicted molar refractivity (Wildman–Crippen MR) is 66.9 cm³/mol. The molecule has 2 rings (SSSR count). The van der Waals surface area contributed by atoms with E-state index in [9.17, 15) is 9.18 Å². The number of hydrogen-bond donors (Lipinski definition) is 1. The first-order valence-electron chi connectivity index (χ1n) is 6.23. The Morgan fingerprint density at radius 3 is 2.59 bits per heavy atom. The number of rotatable bonds is 3. The van der Waals surface area contributed by atoms with Gasteiger partial charge in [-0.15, -0.1) is 0 Å². The zero-order chi connectivity index (χ0) is 12.3. The third-order valence-electron chi connectivity index (χ3n) is 3.28. The van der Waals surface area contributed by atoms with Gasteiger partial charge in [-0.05, 0) is 38.0 Å². The summed E-state index contributed by atoms with van der Waals surface area (Å²) >= 11 is 0. The fourth-order valence-corrected chi connectivity index (χ4v) is 2.36. The molecule has 3 heteroatoms. The Hall–Kier alpha value is -1.38. The summed E-state index contributed by atoms with van der Waals surface area (Å²) in [7, 11) is 0. The molecule has 0 aliphatic heterocycles. The number of carbonyl (C=O) groups is 1. The Labute approximate surface area is 101 Å². The molecule has 0 radical (unpaired) electrons. The monoisotopic (exact) mass is 235 g/mol. The molecular formula is C14H18FNO. The first kappa shape index (κ1) is 12.1. The molecule has 2 nitrogen and oxygen atoms in total. The van der Waals surface area contributed by atoms with Crippen LogP contribution < -0.4 is 5.32 Å². The van der Waals surface area contributed by atoms with Crippen LogP contribution in [0.15, 0.2) is 18.2 Å². The molecule has 1 fully saturated rings. The molecule has 0 amide bonds. The van der Waals surface area contributed by atoms with Crippen LogP contribution in [0, 0.1) is 5.82 Å². The topological polar surface area (TPSA) is 29.1 Å². The summed E-state index contributed by atoms with van der Waals surface area (Å²) in [5, 5.41) is 3.32. The molecule has 0 aromatic heterocycles. The lowest BCUT2D eigenvalue weighted by Crippen LogP contribution is -2.22. The lowest BCUT2D eigenvalue weighted by Gasteiger charge is -2.24. The van der Waals surface area contributed by atoms with E-state index in [2.05, 4.69) is 5.32 Å². The second-order valence-electron chi connectivity index (χ2n) is 4.76. The number of ketones is 1. The second kappa shape index (κ2) is 5.30. The van der Waals surface area contributed by atoms with E-state index in [1.54, 1.807) is 6.07 Å². The molecule has 0 heterocycles. The van der Waals surface area contributed by atoms with E-state index in [1.165, 1.54) is 38.3 Å². The fraction of sp³-hybridized carbons (Fsp3) is 0.500. The minimum atomic E-state index is -0.351. The van der Waals surface area contributed by atoms with Gasteiger partial charge >= 0.3 is 0 Å². The van der Waals surface area contributed by atoms with Crippen LogP contribution in [0.5, 0.6) is 0 Å². The highest BCUT2D eigenvalue weighted by Crippen LogP contribution is 2.23. The maximum Gasteiger partial charge on any atom is 0.159 e. The van der Waals surface area contributed by atoms with Crippen molar-refractivity contribution in [3.63, 3.8) is 0 Å². The van der Waals surface area contributed by atoms with Gasteiger partial charge in [-0.1, -0.05) is 19.3 Å². The van der Waals surface area contributed by atoms with Crippen LogP contribution in [0.3, 0.4) is 0 Å². The van der Waals surface area contributed by atoms with Gasteiger partial charge in [0.1, 0.15) is 5.82 Å². The van der Waals surface area contributed by atoms with Gasteiger partial charge in [0.15, 0.2) is 5.78 Å². The van der Waals surface area contributed by atoms with Crippen LogP contribution >= 0.6 is 0 Å². The molecule has 0 saturated heterocycles. The Balaban J connectivity index is 2.11. The van der Waals surface area contributed by atoms with Gasteiger partial charge in [-0.3, -0.25) is 4.79 Å². The fourth-order valence-electron chi connectivity index (χ4n) is 2.36. The number of hydrogen-bond acceptors (Lipinski definition) is 2. The third kappa shape index (κ3) is 3.29. The molecule has 17 heavy (non-hydrogen) atoms. The highest BCUT2D eigenvalue weighted by Gasteiger charge is 2.14. The van der Waals surface area contributed by atoms with Crippen molar-refractivity contribution in [1.29, 1.82) is 0 Å². The summed E-state index contributed by atoms with van der Waals surface area (Å²) < 4.78 is 13.3. The van der Waals surface area contributed by atoms with Crippen molar-refractivity contribution in [2.45, 2.75) is 45.1 Å². The summed E-state index contributed by atoms with van der Waals surface area (Å²) in [6.45, 7) is 1.46. The molecule has 1 N–H and O–H groups in total. The van der Waals surface area contributed by atoms with Crippen LogP contribution in [-0.2, 0) is 0 Å². The van der Waals surface area contributed by atoms with E-state index in [4.69, 9.17) is 0 Å². The number of benzene rings is 1. The minimum Gasteiger partial charge on any atom is -0.382 e. The van der Waals surface area contributed by atoms with Gasteiger partial charge in [0.05, 0.1) is 0 Å². The number of halogens is 1. The Morgan fingerprint density at radius 1 is 1.24 bits per heavy atom. The number of nitrogens with one attached hydrogen (secondary N) is 1. The number of carbonyl (C=O) groups excluding carboxylic acids is 1. The third-order valence-corrected chi connectivity index (χ3v) is 3.28. The summed E-state index contributed by atoms with van der Waals surface area (Å²) in [6, 6.07) is 4.90. The maximum atomic E-state index is 13.3. The van der Waals surface area contributed by atoms with Crippen LogP contribution in [0.25, 0.3) is 0 Å². The maximum absolute atomic E-state index is 13.3. The van der Waals surface area contributed by atoms with E-state index in [1.807, 2.05) is 0 Å². The largest absolute Gasteiger partial charge is 0.382 e. The predicted octanol–water partition coefficient (Wildman–Crippen LogP) is 3.77. The summed E-state index contributed by atoms with van der Waals surface area (Å²) in [4.78, 5) is 11.2. The SMILES string of the molecule is CC(=O)c1cc(F)cc(NC2CCCCC2)c1. The first-order chi connectivity index (χ1) is 8.15. The Kier molecular flexibility index (Phi) is 3.77. The van der Waals surface area contributed by atoms with Gasteiger partial charge in [0, 0.05) is 17.3 Å². The van der Waals surface area contributed by atoms with Crippen LogP contribution in [0.4, 0.5) is 10.1 Å². The van der Waals surface area contributed by atoms with Gasteiger partial charge in [0.2, 0.25) is 0 Å². The van der Waals surface area contributed by atoms with Crippen molar-refractivity contribution in [3.8, 4) is 0 Å². The molecular weight excluding hydrogens is 217 g/mol. The van der Waals surface area contributed by atoms with Crippen LogP contribution in [0.1, 0.15) is 49.4 Å². The molecule has 0 spiro atoms. The Morgan fingerprint density at radius 2 is 1.94 bits per heavy atom. The number of anilines is 1. The lowest BCUT2D eigenvalue weighted by molar-refractivity contribution is 0.101. The molecule has 1 aromatic rings. The molecule has 1 aliphatic rings. The molecule has 1 saturated carbocycles. The average molecular weight is 235 g/mol. The zero-order valence-corrected chi connectivity index (χ0v) is 10.1. The van der Waals surface area contributed by atoms with Gasteiger partial charge in [0.25, 0.3) is 0 Å². The van der Waals surface area contributed by atoms with E-state index in [0.29, 0.717) is 11.6 Å². The highest BCUT2D eigenvalue weighted by molar-refractivity contribution is 5.95. The van der Waals surface area contributed by atoms with Gasteiger partial charge in [-0.25, -0.2) is 4.39 Å². The van der Waals surface area contributed by atoms with Crippen molar-refractivity contribution in [2.24, 2.45) is 0 Å². The van der Waals surface area contributed by atoms with Crippen molar-refractivity contribution >= 4 is 11.5 Å². The average Bonchev–Trinajstić information content (AvgIpc) is 2.29. The van der Waals surface area contributed by atoms with Gasteiger partial charge < -0.3 is 5.32 Å². The standard InChI is InChI=1S/C14H18FNO/c1-10(17)11-7-12(15)9-14(8-11)16-13-5-3-2-4-6-13/h7-9,13,16H,2-6H2,1H3. The van der Waals surface area contributed by atoms with Crippen LogP contribution in [-0.4, -0.2) is 11.8 Å². The summed E-state index contributed by atoms with van der Waals surface area (Å²) in [6.07, 6.45) is 6.01. The van der Waals surface area contributed by atoms with E-state index >= 15 is 0 Å². The second-order valence-corrected chi connectivity index (χ2v) is 4.76. The van der Waals surface area contributed by atoms with Crippen molar-refractivity contribution in [2.75, 3.05) is 5.32 Å². The molecule has 1 aliphatic carbocycles. The van der Waals surface area contributed by atoms with E-state index in [0.717, 1.165) is 18.5 Å². The van der Waals surface area contributed by atoms with Crippen molar-refractivity contribution in [3.05, 3.63) is 29.6 Å². The molecule has 0 bridgehead atoms. The quantitative estimate of drug-likeness (QED) is 0.808. The zero-order valence-electron chi connectivity index (χ0n) is 10.1. The normalized spacial score (nSPS) is 16.8. The van der Waals surface area contributed by atoms with Crippen LogP contribution in [0.2, 0.25) is 0 Å². The Bertz CT molecular complexity index is 411. The van der Waals surface area contributed by atoms with E-state index < -0.39 is 0 Å². The summed E-state index contributed by atoms with van der Waals surface area (Å²) in [5.41, 5.74) is 1.16. The smallest absolute Gasteiger partial charge is 0.159 e. The molecule has 1 aromatic carbocycles.